The molecule has 0 aliphatic heterocycles. The molecule has 1 atom stereocenters. The Kier molecular flexibility index (Phi) is 4.05. The average Bonchev–Trinajstić information content (AvgIpc) is 3.10. The van der Waals surface area contributed by atoms with E-state index in [-0.39, 0.29) is 12.3 Å². The fourth-order valence-electron chi connectivity index (χ4n) is 2.62. The molecule has 2 nitrogen and oxygen atoms in total. The molecule has 2 rings (SSSR count). The Morgan fingerprint density at radius 1 is 1.28 bits per heavy atom. The van der Waals surface area contributed by atoms with E-state index in [4.69, 9.17) is 5.11 Å². The van der Waals surface area contributed by atoms with Crippen molar-refractivity contribution in [3.8, 4) is 0 Å². The van der Waals surface area contributed by atoms with Crippen LogP contribution in [0.4, 0.5) is 0 Å². The smallest absolute Gasteiger partial charge is 0.303 e. The first-order valence-corrected chi connectivity index (χ1v) is 6.87. The molecule has 1 saturated carbocycles. The quantitative estimate of drug-likeness (QED) is 0.827. The van der Waals surface area contributed by atoms with Gasteiger partial charge in [-0.3, -0.25) is 4.79 Å². The SMILES string of the molecule is CC(C)Cc1ccc(C(CC(=O)O)C2CC2)cc1. The lowest BCUT2D eigenvalue weighted by atomic mass is 9.90. The van der Waals surface area contributed by atoms with Gasteiger partial charge in [-0.15, -0.1) is 0 Å². The first kappa shape index (κ1) is 13.1. The summed E-state index contributed by atoms with van der Waals surface area (Å²) in [4.78, 5) is 10.9. The number of carboxylic acids is 1. The van der Waals surface area contributed by atoms with Crippen molar-refractivity contribution in [3.05, 3.63) is 35.4 Å². The van der Waals surface area contributed by atoms with Crippen LogP contribution in [-0.4, -0.2) is 11.1 Å². The van der Waals surface area contributed by atoms with Crippen LogP contribution in [0.15, 0.2) is 24.3 Å². The zero-order chi connectivity index (χ0) is 13.1. The summed E-state index contributed by atoms with van der Waals surface area (Å²) >= 11 is 0. The maximum Gasteiger partial charge on any atom is 0.303 e. The molecule has 0 bridgehead atoms. The van der Waals surface area contributed by atoms with Gasteiger partial charge in [0.25, 0.3) is 0 Å². The highest BCUT2D eigenvalue weighted by molar-refractivity contribution is 5.68. The molecular formula is C16H22O2. The number of aliphatic carboxylic acids is 1. The number of benzene rings is 1. The first-order valence-electron chi connectivity index (χ1n) is 6.87. The molecule has 1 aliphatic rings. The molecular weight excluding hydrogens is 224 g/mol. The highest BCUT2D eigenvalue weighted by Gasteiger charge is 2.33. The van der Waals surface area contributed by atoms with Gasteiger partial charge in [0.15, 0.2) is 0 Å². The summed E-state index contributed by atoms with van der Waals surface area (Å²) < 4.78 is 0. The number of hydrogen-bond donors (Lipinski definition) is 1. The van der Waals surface area contributed by atoms with Crippen LogP contribution in [0.2, 0.25) is 0 Å². The molecule has 0 saturated heterocycles. The lowest BCUT2D eigenvalue weighted by Crippen LogP contribution is -2.08. The van der Waals surface area contributed by atoms with Gasteiger partial charge in [-0.2, -0.15) is 0 Å². The summed E-state index contributed by atoms with van der Waals surface area (Å²) in [5.74, 6) is 0.792. The molecule has 0 spiro atoms. The molecule has 0 radical (unpaired) electrons. The van der Waals surface area contributed by atoms with E-state index in [1.165, 1.54) is 24.0 Å². The summed E-state index contributed by atoms with van der Waals surface area (Å²) in [6, 6.07) is 8.58. The third kappa shape index (κ3) is 3.59. The van der Waals surface area contributed by atoms with E-state index in [0.717, 1.165) is 6.42 Å². The van der Waals surface area contributed by atoms with Gasteiger partial charge < -0.3 is 5.11 Å². The van der Waals surface area contributed by atoms with Crippen molar-refractivity contribution in [1.29, 1.82) is 0 Å². The molecule has 1 aromatic rings. The van der Waals surface area contributed by atoms with Crippen molar-refractivity contribution in [2.24, 2.45) is 11.8 Å². The third-order valence-corrected chi connectivity index (χ3v) is 3.64. The van der Waals surface area contributed by atoms with Crippen molar-refractivity contribution in [3.63, 3.8) is 0 Å². The fraction of sp³-hybridized carbons (Fsp3) is 0.562. The van der Waals surface area contributed by atoms with Crippen molar-refractivity contribution in [1.82, 2.24) is 0 Å². The van der Waals surface area contributed by atoms with Crippen molar-refractivity contribution in [2.45, 2.75) is 45.4 Å². The van der Waals surface area contributed by atoms with E-state index >= 15 is 0 Å². The van der Waals surface area contributed by atoms with Crippen LogP contribution < -0.4 is 0 Å². The van der Waals surface area contributed by atoms with Gasteiger partial charge in [-0.25, -0.2) is 0 Å². The Hall–Kier alpha value is -1.31. The second-order valence-electron chi connectivity index (χ2n) is 5.88. The van der Waals surface area contributed by atoms with E-state index < -0.39 is 5.97 Å². The van der Waals surface area contributed by atoms with E-state index in [0.29, 0.717) is 11.8 Å². The predicted octanol–water partition coefficient (Wildman–Crippen LogP) is 3.85. The van der Waals surface area contributed by atoms with Crippen molar-refractivity contribution >= 4 is 5.97 Å². The van der Waals surface area contributed by atoms with Crippen LogP contribution in [-0.2, 0) is 11.2 Å². The van der Waals surface area contributed by atoms with Crippen LogP contribution >= 0.6 is 0 Å². The van der Waals surface area contributed by atoms with Gasteiger partial charge in [0.05, 0.1) is 6.42 Å². The zero-order valence-corrected chi connectivity index (χ0v) is 11.2. The largest absolute Gasteiger partial charge is 0.481 e. The molecule has 0 amide bonds. The van der Waals surface area contributed by atoms with E-state index in [1.807, 2.05) is 0 Å². The minimum absolute atomic E-state index is 0.218. The van der Waals surface area contributed by atoms with Crippen LogP contribution in [0.1, 0.15) is 50.2 Å². The van der Waals surface area contributed by atoms with Crippen LogP contribution in [0.3, 0.4) is 0 Å². The Bertz CT molecular complexity index is 402. The minimum Gasteiger partial charge on any atom is -0.481 e. The average molecular weight is 246 g/mol. The predicted molar refractivity (Wildman–Crippen MR) is 72.7 cm³/mol. The van der Waals surface area contributed by atoms with E-state index in [9.17, 15) is 4.79 Å². The molecule has 18 heavy (non-hydrogen) atoms. The summed E-state index contributed by atoms with van der Waals surface area (Å²) in [6.45, 7) is 4.43. The number of rotatable bonds is 6. The molecule has 1 aromatic carbocycles. The van der Waals surface area contributed by atoms with Crippen LogP contribution in [0.25, 0.3) is 0 Å². The number of carbonyl (C=O) groups is 1. The lowest BCUT2D eigenvalue weighted by Gasteiger charge is -2.15. The second kappa shape index (κ2) is 5.55. The Balaban J connectivity index is 2.08. The third-order valence-electron chi connectivity index (χ3n) is 3.64. The minimum atomic E-state index is -0.682. The maximum atomic E-state index is 10.9. The number of carboxylic acid groups (broad SMARTS) is 1. The number of hydrogen-bond acceptors (Lipinski definition) is 1. The Morgan fingerprint density at radius 2 is 1.89 bits per heavy atom. The van der Waals surface area contributed by atoms with E-state index in [2.05, 4.69) is 38.1 Å². The fourth-order valence-corrected chi connectivity index (χ4v) is 2.62. The molecule has 1 N–H and O–H groups in total. The molecule has 98 valence electrons. The maximum absolute atomic E-state index is 10.9. The van der Waals surface area contributed by atoms with Crippen LogP contribution in [0.5, 0.6) is 0 Å². The van der Waals surface area contributed by atoms with Gasteiger partial charge in [-0.1, -0.05) is 38.1 Å². The highest BCUT2D eigenvalue weighted by Crippen LogP contribution is 2.44. The first-order chi connectivity index (χ1) is 8.56. The molecule has 1 fully saturated rings. The summed E-state index contributed by atoms with van der Waals surface area (Å²) in [7, 11) is 0. The molecule has 2 heteroatoms. The standard InChI is InChI=1S/C16H22O2/c1-11(2)9-12-3-5-13(6-4-12)15(10-16(17)18)14-7-8-14/h3-6,11,14-15H,7-10H2,1-2H3,(H,17,18). The van der Waals surface area contributed by atoms with Gasteiger partial charge >= 0.3 is 5.97 Å². The Labute approximate surface area is 109 Å². The Morgan fingerprint density at radius 3 is 2.33 bits per heavy atom. The molecule has 0 aromatic heterocycles. The topological polar surface area (TPSA) is 37.3 Å². The van der Waals surface area contributed by atoms with Crippen molar-refractivity contribution < 1.29 is 9.90 Å². The highest BCUT2D eigenvalue weighted by atomic mass is 16.4. The summed E-state index contributed by atoms with van der Waals surface area (Å²) in [5.41, 5.74) is 2.55. The van der Waals surface area contributed by atoms with Gasteiger partial charge in [0.1, 0.15) is 0 Å². The second-order valence-corrected chi connectivity index (χ2v) is 5.88. The van der Waals surface area contributed by atoms with Gasteiger partial charge in [0, 0.05) is 0 Å². The van der Waals surface area contributed by atoms with E-state index in [1.54, 1.807) is 0 Å². The summed E-state index contributed by atoms with van der Waals surface area (Å²) in [5, 5.41) is 9.00. The monoisotopic (exact) mass is 246 g/mol. The molecule has 1 unspecified atom stereocenters. The van der Waals surface area contributed by atoms with Gasteiger partial charge in [0.2, 0.25) is 0 Å². The van der Waals surface area contributed by atoms with Gasteiger partial charge in [-0.05, 0) is 48.1 Å². The van der Waals surface area contributed by atoms with Crippen molar-refractivity contribution in [2.75, 3.05) is 0 Å². The lowest BCUT2D eigenvalue weighted by molar-refractivity contribution is -0.137. The molecule has 0 heterocycles. The normalized spacial score (nSPS) is 16.8. The summed E-state index contributed by atoms with van der Waals surface area (Å²) in [6.07, 6.45) is 3.74. The van der Waals surface area contributed by atoms with Crippen LogP contribution in [0, 0.1) is 11.8 Å². The zero-order valence-electron chi connectivity index (χ0n) is 11.2. The molecule has 1 aliphatic carbocycles.